The molecule has 0 atom stereocenters. The van der Waals surface area contributed by atoms with Crippen molar-refractivity contribution in [3.8, 4) is 16.8 Å². The summed E-state index contributed by atoms with van der Waals surface area (Å²) in [6, 6.07) is 27.9. The lowest BCUT2D eigenvalue weighted by Crippen LogP contribution is -2.15. The lowest BCUT2D eigenvalue weighted by molar-refractivity contribution is 0.0529. The number of hydrogen-bond donors (Lipinski definition) is 2. The van der Waals surface area contributed by atoms with Crippen molar-refractivity contribution in [1.29, 1.82) is 0 Å². The monoisotopic (exact) mass is 585 g/mol. The molecular formula is C29H23N5O3S3. The number of carbonyl (C=O) groups excluding carboxylic acids is 2. The largest absolute Gasteiger partial charge is 0.462 e. The van der Waals surface area contributed by atoms with Gasteiger partial charge in [-0.05, 0) is 49.0 Å². The Labute approximate surface area is 243 Å². The van der Waals surface area contributed by atoms with E-state index in [0.717, 1.165) is 33.9 Å². The molecule has 0 spiro atoms. The summed E-state index contributed by atoms with van der Waals surface area (Å²) in [5.74, 6) is -0.877. The van der Waals surface area contributed by atoms with E-state index >= 15 is 0 Å². The second-order valence-electron chi connectivity index (χ2n) is 8.32. The normalized spacial score (nSPS) is 11.0. The van der Waals surface area contributed by atoms with Gasteiger partial charge in [0.2, 0.25) is 0 Å². The van der Waals surface area contributed by atoms with Gasteiger partial charge in [0, 0.05) is 11.3 Å². The van der Waals surface area contributed by atoms with Crippen LogP contribution >= 0.6 is 34.9 Å². The van der Waals surface area contributed by atoms with E-state index in [1.54, 1.807) is 11.5 Å². The number of para-hydroxylation sites is 1. The summed E-state index contributed by atoms with van der Waals surface area (Å²) in [5.41, 5.74) is 9.23. The van der Waals surface area contributed by atoms with Crippen LogP contribution in [0.25, 0.3) is 16.8 Å². The number of nitrogens with two attached hydrogens (primary N) is 1. The number of ether oxygens (including phenoxy) is 1. The fourth-order valence-corrected chi connectivity index (χ4v) is 6.27. The zero-order chi connectivity index (χ0) is 28.1. The molecule has 0 saturated heterocycles. The number of nitrogen functional groups attached to an aromatic ring is 1. The first-order valence-electron chi connectivity index (χ1n) is 12.2. The van der Waals surface area contributed by atoms with Crippen LogP contribution in [0.5, 0.6) is 0 Å². The van der Waals surface area contributed by atoms with Crippen molar-refractivity contribution in [3.63, 3.8) is 0 Å². The predicted octanol–water partition coefficient (Wildman–Crippen LogP) is 8.42. The lowest BCUT2D eigenvalue weighted by Gasteiger charge is -2.09. The lowest BCUT2D eigenvalue weighted by atomic mass is 10.0. The number of esters is 1. The van der Waals surface area contributed by atoms with Crippen LogP contribution in [-0.2, 0) is 4.74 Å². The Morgan fingerprint density at radius 1 is 0.925 bits per heavy atom. The first-order chi connectivity index (χ1) is 19.5. The highest BCUT2D eigenvalue weighted by molar-refractivity contribution is 7.73. The van der Waals surface area contributed by atoms with Crippen molar-refractivity contribution in [2.45, 2.75) is 6.92 Å². The van der Waals surface area contributed by atoms with E-state index in [4.69, 9.17) is 22.7 Å². The molecule has 0 bridgehead atoms. The van der Waals surface area contributed by atoms with Crippen molar-refractivity contribution < 1.29 is 14.3 Å². The highest BCUT2D eigenvalue weighted by Crippen LogP contribution is 2.47. The fourth-order valence-electron chi connectivity index (χ4n) is 3.98. The maximum Gasteiger partial charge on any atom is 0.341 e. The van der Waals surface area contributed by atoms with Gasteiger partial charge in [-0.3, -0.25) is 9.36 Å². The summed E-state index contributed by atoms with van der Waals surface area (Å²) in [5, 5.41) is 12.4. The first-order valence-corrected chi connectivity index (χ1v) is 14.3. The zero-order valence-electron chi connectivity index (χ0n) is 21.2. The zero-order valence-corrected chi connectivity index (χ0v) is 23.7. The van der Waals surface area contributed by atoms with Crippen LogP contribution in [0, 0.1) is 3.95 Å². The number of nitrogens with one attached hydrogen (secondary N) is 1. The van der Waals surface area contributed by atoms with Crippen molar-refractivity contribution in [1.82, 2.24) is 4.57 Å². The summed E-state index contributed by atoms with van der Waals surface area (Å²) in [6.45, 7) is 1.88. The van der Waals surface area contributed by atoms with Crippen LogP contribution in [0.1, 0.15) is 27.0 Å². The number of rotatable bonds is 8. The maximum atomic E-state index is 13.6. The van der Waals surface area contributed by atoms with E-state index in [0.29, 0.717) is 20.2 Å². The topological polar surface area (TPSA) is 111 Å². The van der Waals surface area contributed by atoms with Crippen molar-refractivity contribution in [2.24, 2.45) is 10.2 Å². The summed E-state index contributed by atoms with van der Waals surface area (Å²) in [6.07, 6.45) is 0. The van der Waals surface area contributed by atoms with Crippen LogP contribution in [0.4, 0.5) is 21.5 Å². The van der Waals surface area contributed by atoms with Crippen LogP contribution in [0.15, 0.2) is 101 Å². The number of thiazole rings is 1. The molecule has 1 amide bonds. The Kier molecular flexibility index (Phi) is 8.25. The summed E-state index contributed by atoms with van der Waals surface area (Å²) >= 11 is 7.74. The molecule has 0 fully saturated rings. The number of carbonyl (C=O) groups is 2. The molecule has 8 nitrogen and oxygen atoms in total. The Bertz CT molecular complexity index is 1740. The number of aromatic nitrogens is 1. The fraction of sp³-hybridized carbons (Fsp3) is 0.0690. The van der Waals surface area contributed by atoms with Gasteiger partial charge in [0.1, 0.15) is 26.3 Å². The van der Waals surface area contributed by atoms with Gasteiger partial charge >= 0.3 is 5.97 Å². The van der Waals surface area contributed by atoms with E-state index in [2.05, 4.69) is 15.5 Å². The second-order valence-corrected chi connectivity index (χ2v) is 11.0. The Morgan fingerprint density at radius 3 is 2.20 bits per heavy atom. The van der Waals surface area contributed by atoms with Gasteiger partial charge in [-0.15, -0.1) is 10.2 Å². The number of anilines is 2. The highest BCUT2D eigenvalue weighted by atomic mass is 32.1. The van der Waals surface area contributed by atoms with Gasteiger partial charge in [0.25, 0.3) is 5.91 Å². The highest BCUT2D eigenvalue weighted by Gasteiger charge is 2.29. The van der Waals surface area contributed by atoms with Crippen LogP contribution in [0.3, 0.4) is 0 Å². The average molecular weight is 586 g/mol. The quantitative estimate of drug-likeness (QED) is 0.108. The molecule has 3 N–H and O–H groups in total. The number of nitrogens with zero attached hydrogens (tertiary/aromatic N) is 3. The van der Waals surface area contributed by atoms with Crippen LogP contribution in [-0.4, -0.2) is 23.1 Å². The number of azo groups is 1. The smallest absolute Gasteiger partial charge is 0.341 e. The molecule has 11 heteroatoms. The van der Waals surface area contributed by atoms with Gasteiger partial charge < -0.3 is 15.8 Å². The summed E-state index contributed by atoms with van der Waals surface area (Å²) in [4.78, 5) is 27.1. The molecule has 0 saturated carbocycles. The molecule has 0 unspecified atom stereocenters. The standard InChI is InChI=1S/C29H23N5O3S3/c1-2-37-28(36)22-21(18-12-6-3-7-13-18)27(33-32-19-14-8-4-9-15-19)40-26(22)31-25(35)23-24(30)34(29(38)39-23)20-16-10-5-11-17-20/h3-17H,2,30H2,1H3,(H,31,35). The third kappa shape index (κ3) is 5.62. The minimum Gasteiger partial charge on any atom is -0.462 e. The van der Waals surface area contributed by atoms with E-state index in [1.807, 2.05) is 91.0 Å². The maximum absolute atomic E-state index is 13.6. The molecular weight excluding hydrogens is 563 g/mol. The number of hydrogen-bond acceptors (Lipinski definition) is 9. The molecule has 2 heterocycles. The molecule has 0 aliphatic rings. The SMILES string of the molecule is CCOC(=O)c1c(NC(=O)c2sc(=S)n(-c3ccccc3)c2N)sc(N=Nc2ccccc2)c1-c1ccccc1. The Morgan fingerprint density at radius 2 is 1.55 bits per heavy atom. The molecule has 200 valence electrons. The van der Waals surface area contributed by atoms with E-state index in [1.165, 1.54) is 0 Å². The molecule has 3 aromatic carbocycles. The van der Waals surface area contributed by atoms with Crippen molar-refractivity contribution >= 4 is 68.3 Å². The number of benzene rings is 3. The molecule has 5 rings (SSSR count). The number of thiophene rings is 1. The predicted molar refractivity (Wildman–Crippen MR) is 163 cm³/mol. The summed E-state index contributed by atoms with van der Waals surface area (Å²) in [7, 11) is 0. The van der Waals surface area contributed by atoms with E-state index < -0.39 is 11.9 Å². The van der Waals surface area contributed by atoms with Crippen LogP contribution < -0.4 is 11.1 Å². The Balaban J connectivity index is 1.61. The van der Waals surface area contributed by atoms with Crippen molar-refractivity contribution in [2.75, 3.05) is 17.7 Å². The van der Waals surface area contributed by atoms with Gasteiger partial charge in [0.15, 0.2) is 3.95 Å². The molecule has 5 aromatic rings. The molecule has 2 aromatic heterocycles. The number of amides is 1. The summed E-state index contributed by atoms with van der Waals surface area (Å²) < 4.78 is 7.47. The van der Waals surface area contributed by atoms with Gasteiger partial charge in [-0.2, -0.15) is 0 Å². The third-order valence-electron chi connectivity index (χ3n) is 5.74. The second kappa shape index (κ2) is 12.2. The van der Waals surface area contributed by atoms with E-state index in [9.17, 15) is 9.59 Å². The van der Waals surface area contributed by atoms with Gasteiger partial charge in [0.05, 0.1) is 12.3 Å². The van der Waals surface area contributed by atoms with Gasteiger partial charge in [-0.1, -0.05) is 89.4 Å². The van der Waals surface area contributed by atoms with Crippen LogP contribution in [0.2, 0.25) is 0 Å². The average Bonchev–Trinajstić information content (AvgIpc) is 3.49. The Hall–Kier alpha value is -4.45. The molecule has 0 aliphatic heterocycles. The first kappa shape index (κ1) is 27.1. The van der Waals surface area contributed by atoms with E-state index in [-0.39, 0.29) is 27.9 Å². The molecule has 0 aliphatic carbocycles. The minimum atomic E-state index is -0.587. The third-order valence-corrected chi connectivity index (χ3v) is 8.12. The molecule has 40 heavy (non-hydrogen) atoms. The molecule has 0 radical (unpaired) electrons. The minimum absolute atomic E-state index is 0.158. The van der Waals surface area contributed by atoms with Crippen molar-refractivity contribution in [3.05, 3.63) is 105 Å². The van der Waals surface area contributed by atoms with Gasteiger partial charge in [-0.25, -0.2) is 4.79 Å².